The fraction of sp³-hybridized carbons (Fsp3) is 0.500. The smallest absolute Gasteiger partial charge is 0.126 e. The molecule has 14 heavy (non-hydrogen) atoms. The van der Waals surface area contributed by atoms with Crippen LogP contribution in [0.25, 0.3) is 0 Å². The molecule has 0 spiro atoms. The van der Waals surface area contributed by atoms with Crippen molar-refractivity contribution in [3.63, 3.8) is 0 Å². The first-order chi connectivity index (χ1) is 6.85. The number of aryl methyl sites for hydroxylation is 1. The first kappa shape index (κ1) is 9.38. The number of hydrogen-bond donors (Lipinski definition) is 0. The van der Waals surface area contributed by atoms with Crippen LogP contribution in [0.3, 0.4) is 0 Å². The highest BCUT2D eigenvalue weighted by Crippen LogP contribution is 2.33. The van der Waals surface area contributed by atoms with Crippen LogP contribution in [-0.4, -0.2) is 14.2 Å². The van der Waals surface area contributed by atoms with Crippen LogP contribution in [0.1, 0.15) is 24.0 Å². The van der Waals surface area contributed by atoms with Crippen molar-refractivity contribution in [1.29, 1.82) is 0 Å². The van der Waals surface area contributed by atoms with Gasteiger partial charge in [-0.2, -0.15) is 0 Å². The molecule has 2 heteroatoms. The third-order valence-corrected chi connectivity index (χ3v) is 2.85. The third-order valence-electron chi connectivity index (χ3n) is 2.85. The highest BCUT2D eigenvalue weighted by Gasteiger charge is 2.15. The van der Waals surface area contributed by atoms with Gasteiger partial charge in [0.2, 0.25) is 0 Å². The van der Waals surface area contributed by atoms with E-state index in [-0.39, 0.29) is 0 Å². The molecule has 1 aromatic rings. The molecule has 2 nitrogen and oxygen atoms in total. The van der Waals surface area contributed by atoms with Crippen LogP contribution in [0, 0.1) is 0 Å². The van der Waals surface area contributed by atoms with E-state index in [9.17, 15) is 0 Å². The lowest BCUT2D eigenvalue weighted by molar-refractivity contribution is 0.387. The largest absolute Gasteiger partial charge is 0.497 e. The van der Waals surface area contributed by atoms with Crippen molar-refractivity contribution in [3.05, 3.63) is 23.3 Å². The van der Waals surface area contributed by atoms with Crippen LogP contribution < -0.4 is 9.47 Å². The summed E-state index contributed by atoms with van der Waals surface area (Å²) in [5.74, 6) is 1.89. The van der Waals surface area contributed by atoms with Crippen LogP contribution in [0.4, 0.5) is 0 Å². The molecule has 1 aromatic carbocycles. The summed E-state index contributed by atoms with van der Waals surface area (Å²) in [4.78, 5) is 0. The van der Waals surface area contributed by atoms with Gasteiger partial charge in [0.05, 0.1) is 14.2 Å². The molecular formula is C12H16O2. The number of fused-ring (bicyclic) bond motifs is 1. The van der Waals surface area contributed by atoms with Gasteiger partial charge < -0.3 is 9.47 Å². The van der Waals surface area contributed by atoms with Crippen LogP contribution in [0.5, 0.6) is 11.5 Å². The topological polar surface area (TPSA) is 18.5 Å². The molecule has 76 valence electrons. The molecule has 0 fully saturated rings. The lowest BCUT2D eigenvalue weighted by Crippen LogP contribution is -2.05. The maximum Gasteiger partial charge on any atom is 0.126 e. The van der Waals surface area contributed by atoms with E-state index >= 15 is 0 Å². The number of hydrogen-bond acceptors (Lipinski definition) is 2. The van der Waals surface area contributed by atoms with E-state index in [1.54, 1.807) is 14.2 Å². The van der Waals surface area contributed by atoms with Gasteiger partial charge in [0.25, 0.3) is 0 Å². The molecule has 0 saturated carbocycles. The minimum absolute atomic E-state index is 0.905. The van der Waals surface area contributed by atoms with Gasteiger partial charge >= 0.3 is 0 Å². The van der Waals surface area contributed by atoms with Crippen molar-refractivity contribution in [2.24, 2.45) is 0 Å². The zero-order valence-electron chi connectivity index (χ0n) is 8.80. The number of methoxy groups -OCH3 is 2. The predicted molar refractivity (Wildman–Crippen MR) is 56.2 cm³/mol. The highest BCUT2D eigenvalue weighted by atomic mass is 16.5. The predicted octanol–water partition coefficient (Wildman–Crippen LogP) is 2.58. The number of ether oxygens (including phenoxy) is 2. The second-order valence-electron chi connectivity index (χ2n) is 3.67. The molecule has 1 aliphatic rings. The van der Waals surface area contributed by atoms with Crippen LogP contribution >= 0.6 is 0 Å². The molecule has 0 amide bonds. The normalized spacial score (nSPS) is 14.7. The average molecular weight is 192 g/mol. The van der Waals surface area contributed by atoms with E-state index in [1.807, 2.05) is 6.07 Å². The fourth-order valence-corrected chi connectivity index (χ4v) is 2.10. The Balaban J connectivity index is 2.47. The maximum atomic E-state index is 5.38. The molecule has 0 saturated heterocycles. The van der Waals surface area contributed by atoms with Crippen LogP contribution in [0.15, 0.2) is 12.1 Å². The van der Waals surface area contributed by atoms with Crippen molar-refractivity contribution >= 4 is 0 Å². The molecule has 0 atom stereocenters. The molecule has 0 aromatic heterocycles. The summed E-state index contributed by atoms with van der Waals surface area (Å²) >= 11 is 0. The van der Waals surface area contributed by atoms with Gasteiger partial charge in [-0.15, -0.1) is 0 Å². The minimum atomic E-state index is 0.905. The van der Waals surface area contributed by atoms with Gasteiger partial charge in [0.1, 0.15) is 11.5 Å². The van der Waals surface area contributed by atoms with Gasteiger partial charge in [-0.3, -0.25) is 0 Å². The Labute approximate surface area is 84.8 Å². The molecular weight excluding hydrogens is 176 g/mol. The molecule has 0 heterocycles. The van der Waals surface area contributed by atoms with Crippen molar-refractivity contribution < 1.29 is 9.47 Å². The van der Waals surface area contributed by atoms with Gasteiger partial charge in [0, 0.05) is 6.07 Å². The summed E-state index contributed by atoms with van der Waals surface area (Å²) in [6.45, 7) is 0. The van der Waals surface area contributed by atoms with E-state index in [1.165, 1.54) is 24.0 Å². The summed E-state index contributed by atoms with van der Waals surface area (Å²) in [5, 5.41) is 0. The van der Waals surface area contributed by atoms with E-state index in [4.69, 9.17) is 9.47 Å². The Morgan fingerprint density at radius 2 is 1.79 bits per heavy atom. The molecule has 0 bridgehead atoms. The Hall–Kier alpha value is -1.18. The lowest BCUT2D eigenvalue weighted by atomic mass is 9.91. The molecule has 1 aliphatic carbocycles. The van der Waals surface area contributed by atoms with Crippen molar-refractivity contribution in [1.82, 2.24) is 0 Å². The molecule has 0 aliphatic heterocycles. The SMILES string of the molecule is COc1cc2c(c(OC)c1)CCCC2. The van der Waals surface area contributed by atoms with Crippen LogP contribution in [-0.2, 0) is 12.8 Å². The summed E-state index contributed by atoms with van der Waals surface area (Å²) in [6.07, 6.45) is 4.85. The van der Waals surface area contributed by atoms with Gasteiger partial charge in [-0.1, -0.05) is 0 Å². The highest BCUT2D eigenvalue weighted by molar-refractivity contribution is 5.47. The summed E-state index contributed by atoms with van der Waals surface area (Å²) < 4.78 is 10.6. The van der Waals surface area contributed by atoms with E-state index in [0.29, 0.717) is 0 Å². The van der Waals surface area contributed by atoms with Gasteiger partial charge in [0.15, 0.2) is 0 Å². The Morgan fingerprint density at radius 3 is 2.50 bits per heavy atom. The Morgan fingerprint density at radius 1 is 1.00 bits per heavy atom. The minimum Gasteiger partial charge on any atom is -0.497 e. The summed E-state index contributed by atoms with van der Waals surface area (Å²) in [7, 11) is 3.42. The standard InChI is InChI=1S/C12H16O2/c1-13-10-7-9-5-3-4-6-11(9)12(8-10)14-2/h7-8H,3-6H2,1-2H3. The van der Waals surface area contributed by atoms with E-state index < -0.39 is 0 Å². The Kier molecular flexibility index (Phi) is 2.62. The maximum absolute atomic E-state index is 5.38. The first-order valence-corrected chi connectivity index (χ1v) is 5.09. The monoisotopic (exact) mass is 192 g/mol. The first-order valence-electron chi connectivity index (χ1n) is 5.09. The second kappa shape index (κ2) is 3.91. The number of rotatable bonds is 2. The molecule has 0 unspecified atom stereocenters. The summed E-state index contributed by atoms with van der Waals surface area (Å²) in [5.41, 5.74) is 2.77. The molecule has 0 N–H and O–H groups in total. The van der Waals surface area contributed by atoms with E-state index in [2.05, 4.69) is 6.07 Å². The van der Waals surface area contributed by atoms with E-state index in [0.717, 1.165) is 24.3 Å². The van der Waals surface area contributed by atoms with Crippen LogP contribution in [0.2, 0.25) is 0 Å². The zero-order chi connectivity index (χ0) is 9.97. The third kappa shape index (κ3) is 1.57. The molecule has 2 rings (SSSR count). The summed E-state index contributed by atoms with van der Waals surface area (Å²) in [6, 6.07) is 4.11. The molecule has 0 radical (unpaired) electrons. The average Bonchev–Trinajstić information content (AvgIpc) is 2.27. The second-order valence-corrected chi connectivity index (χ2v) is 3.67. The van der Waals surface area contributed by atoms with Crippen molar-refractivity contribution in [2.75, 3.05) is 14.2 Å². The van der Waals surface area contributed by atoms with Gasteiger partial charge in [-0.05, 0) is 42.9 Å². The number of benzene rings is 1. The van der Waals surface area contributed by atoms with Crippen molar-refractivity contribution in [2.45, 2.75) is 25.7 Å². The lowest BCUT2D eigenvalue weighted by Gasteiger charge is -2.19. The fourth-order valence-electron chi connectivity index (χ4n) is 2.10. The van der Waals surface area contributed by atoms with Crippen molar-refractivity contribution in [3.8, 4) is 11.5 Å². The quantitative estimate of drug-likeness (QED) is 0.717. The Bertz CT molecular complexity index is 314. The zero-order valence-corrected chi connectivity index (χ0v) is 8.80. The van der Waals surface area contributed by atoms with Gasteiger partial charge in [-0.25, -0.2) is 0 Å².